The Bertz CT molecular complexity index is 1750. The maximum atomic E-state index is 15.2. The Balaban J connectivity index is 1.64. The zero-order valence-electron chi connectivity index (χ0n) is 25.9. The Kier molecular flexibility index (Phi) is 10.6. The summed E-state index contributed by atoms with van der Waals surface area (Å²) >= 11 is 7.25. The Labute approximate surface area is 271 Å². The van der Waals surface area contributed by atoms with Gasteiger partial charge in [-0.25, -0.2) is 26.3 Å². The van der Waals surface area contributed by atoms with Crippen LogP contribution in [0, 0.1) is 17.5 Å². The number of rotatable bonds is 13. The number of benzene rings is 3. The predicted molar refractivity (Wildman–Crippen MR) is 170 cm³/mol. The number of thioether (sulfide) groups is 1. The number of quaternary nitrogens is 1. The predicted octanol–water partition coefficient (Wildman–Crippen LogP) is 6.34. The van der Waals surface area contributed by atoms with Crippen molar-refractivity contribution in [2.24, 2.45) is 0 Å². The number of hydrogen-bond donors (Lipinski definition) is 1. The van der Waals surface area contributed by atoms with Crippen molar-refractivity contribution in [3.8, 4) is 11.4 Å². The van der Waals surface area contributed by atoms with Crippen molar-refractivity contribution < 1.29 is 30.8 Å². The van der Waals surface area contributed by atoms with Crippen molar-refractivity contribution >= 4 is 33.4 Å². The van der Waals surface area contributed by atoms with Crippen LogP contribution in [0.3, 0.4) is 0 Å². The average molecular weight is 683 g/mol. The van der Waals surface area contributed by atoms with E-state index in [9.17, 15) is 12.8 Å². The zero-order valence-corrected chi connectivity index (χ0v) is 28.3. The third-order valence-electron chi connectivity index (χ3n) is 7.22. The van der Waals surface area contributed by atoms with E-state index in [-0.39, 0.29) is 17.9 Å². The van der Waals surface area contributed by atoms with E-state index in [2.05, 4.69) is 14.9 Å². The van der Waals surface area contributed by atoms with Gasteiger partial charge < -0.3 is 9.22 Å². The maximum absolute atomic E-state index is 15.2. The Morgan fingerprint density at radius 3 is 2.24 bits per heavy atom. The van der Waals surface area contributed by atoms with E-state index in [1.807, 2.05) is 41.1 Å². The molecule has 0 aliphatic heterocycles. The molecule has 0 bridgehead atoms. The molecule has 0 saturated carbocycles. The van der Waals surface area contributed by atoms with Gasteiger partial charge in [-0.3, -0.25) is 4.57 Å². The number of nitrogens with zero attached hydrogens (tertiary/aromatic N) is 4. The van der Waals surface area contributed by atoms with Crippen molar-refractivity contribution in [1.29, 1.82) is 0 Å². The van der Waals surface area contributed by atoms with Crippen molar-refractivity contribution in [3.63, 3.8) is 0 Å². The van der Waals surface area contributed by atoms with Crippen molar-refractivity contribution in [1.82, 2.24) is 19.5 Å². The molecule has 1 aromatic heterocycles. The molecule has 0 amide bonds. The number of aromatic nitrogens is 3. The molecule has 242 valence electrons. The molecule has 4 aromatic rings. The minimum Gasteiger partial charge on any atom is -0.495 e. The van der Waals surface area contributed by atoms with Crippen LogP contribution in [0.4, 0.5) is 13.2 Å². The van der Waals surface area contributed by atoms with E-state index in [1.165, 1.54) is 19.2 Å². The van der Waals surface area contributed by atoms with Gasteiger partial charge in [0.2, 0.25) is 10.0 Å². The van der Waals surface area contributed by atoms with Gasteiger partial charge in [0.15, 0.2) is 5.16 Å². The van der Waals surface area contributed by atoms with Crippen LogP contribution in [-0.2, 0) is 21.2 Å². The highest BCUT2D eigenvalue weighted by molar-refractivity contribution is 7.98. The standard InChI is InChI=1S/C31H36ClF3N5O3S2/c1-31(2,20-8-13-25(32)28(16-20)43-6)29-37-38-30(39(29)22-11-9-21(33)10-12-22)44-19-24-26(34)17-23(18-27(24)35)45(41,42)36-14-7-15-40(3,4)5/h8-13,16-18,36H,7,14-15,19H2,1-6H3/q+1. The summed E-state index contributed by atoms with van der Waals surface area (Å²) in [6.07, 6.45) is 0.557. The summed E-state index contributed by atoms with van der Waals surface area (Å²) < 4.78 is 79.9. The molecular weight excluding hydrogens is 647 g/mol. The number of hydrogen-bond acceptors (Lipinski definition) is 6. The van der Waals surface area contributed by atoms with Crippen LogP contribution in [-0.4, -0.2) is 69.0 Å². The third kappa shape index (κ3) is 8.20. The fraction of sp³-hybridized carbons (Fsp3) is 0.355. The van der Waals surface area contributed by atoms with Crippen molar-refractivity contribution in [3.05, 3.63) is 94.0 Å². The largest absolute Gasteiger partial charge is 0.495 e. The van der Waals surface area contributed by atoms with E-state index in [4.69, 9.17) is 16.3 Å². The number of ether oxygens (including phenoxy) is 1. The molecule has 8 nitrogen and oxygen atoms in total. The van der Waals surface area contributed by atoms with Gasteiger partial charge in [-0.15, -0.1) is 10.2 Å². The van der Waals surface area contributed by atoms with E-state index in [1.54, 1.807) is 28.8 Å². The highest BCUT2D eigenvalue weighted by Gasteiger charge is 2.32. The summed E-state index contributed by atoms with van der Waals surface area (Å²) in [5, 5.41) is 9.50. The lowest BCUT2D eigenvalue weighted by molar-refractivity contribution is -0.870. The van der Waals surface area contributed by atoms with Crippen LogP contribution in [0.1, 0.15) is 37.2 Å². The van der Waals surface area contributed by atoms with E-state index in [0.717, 1.165) is 36.0 Å². The first-order valence-electron chi connectivity index (χ1n) is 14.0. The molecule has 3 aromatic carbocycles. The zero-order chi connectivity index (χ0) is 33.2. The Morgan fingerprint density at radius 2 is 1.64 bits per heavy atom. The molecule has 0 fully saturated rings. The minimum atomic E-state index is -4.12. The molecule has 14 heteroatoms. The molecule has 4 rings (SSSR count). The maximum Gasteiger partial charge on any atom is 0.240 e. The van der Waals surface area contributed by atoms with Gasteiger partial charge >= 0.3 is 0 Å². The third-order valence-corrected chi connectivity index (χ3v) is 9.93. The topological polar surface area (TPSA) is 86.1 Å². The SMILES string of the molecule is COc1cc(C(C)(C)c2nnc(SCc3c(F)cc(S(=O)(=O)NCCC[N+](C)(C)C)cc3F)n2-c2ccc(F)cc2)ccc1Cl. The monoisotopic (exact) mass is 682 g/mol. The Hall–Kier alpha value is -3.10. The lowest BCUT2D eigenvalue weighted by Crippen LogP contribution is -2.37. The summed E-state index contributed by atoms with van der Waals surface area (Å²) in [5.74, 6) is -1.72. The summed E-state index contributed by atoms with van der Waals surface area (Å²) in [6, 6.07) is 12.7. The second-order valence-corrected chi connectivity index (χ2v) is 15.1. The van der Waals surface area contributed by atoms with Gasteiger partial charge in [0.1, 0.15) is 29.0 Å². The van der Waals surface area contributed by atoms with Gasteiger partial charge in [-0.2, -0.15) is 0 Å². The second-order valence-electron chi connectivity index (χ2n) is 12.0. The van der Waals surface area contributed by atoms with Crippen LogP contribution in [0.2, 0.25) is 5.02 Å². The summed E-state index contributed by atoms with van der Waals surface area (Å²) in [4.78, 5) is -0.492. The summed E-state index contributed by atoms with van der Waals surface area (Å²) in [7, 11) is 3.34. The molecule has 0 atom stereocenters. The van der Waals surface area contributed by atoms with Gasteiger partial charge in [-0.1, -0.05) is 29.4 Å². The van der Waals surface area contributed by atoms with Crippen LogP contribution < -0.4 is 9.46 Å². The highest BCUT2D eigenvalue weighted by Crippen LogP contribution is 2.38. The molecule has 45 heavy (non-hydrogen) atoms. The normalized spacial score (nSPS) is 12.5. The second kappa shape index (κ2) is 13.7. The molecule has 1 N–H and O–H groups in total. The fourth-order valence-corrected chi connectivity index (χ4v) is 6.88. The first-order chi connectivity index (χ1) is 21.0. The van der Waals surface area contributed by atoms with Crippen LogP contribution >= 0.6 is 23.4 Å². The molecule has 0 radical (unpaired) electrons. The molecular formula is C31H36ClF3N5O3S2+. The van der Waals surface area contributed by atoms with Crippen LogP contribution in [0.5, 0.6) is 5.75 Å². The van der Waals surface area contributed by atoms with Gasteiger partial charge in [0.05, 0.1) is 50.1 Å². The molecule has 1 heterocycles. The number of nitrogens with one attached hydrogen (secondary N) is 1. The average Bonchev–Trinajstić information content (AvgIpc) is 3.39. The number of sulfonamides is 1. The lowest BCUT2D eigenvalue weighted by Gasteiger charge is -2.26. The number of halogens is 4. The quantitative estimate of drug-likeness (QED) is 0.101. The van der Waals surface area contributed by atoms with Gasteiger partial charge in [0.25, 0.3) is 0 Å². The molecule has 0 spiro atoms. The van der Waals surface area contributed by atoms with E-state index < -0.39 is 37.8 Å². The highest BCUT2D eigenvalue weighted by atomic mass is 35.5. The summed E-state index contributed by atoms with van der Waals surface area (Å²) in [6.45, 7) is 4.70. The van der Waals surface area contributed by atoms with Gasteiger partial charge in [-0.05, 0) is 67.9 Å². The molecule has 0 unspecified atom stereocenters. The summed E-state index contributed by atoms with van der Waals surface area (Å²) in [5.41, 5.74) is 0.243. The Morgan fingerprint density at radius 1 is 1.00 bits per heavy atom. The van der Waals surface area contributed by atoms with E-state index in [0.29, 0.717) is 38.3 Å². The molecule has 0 aliphatic rings. The van der Waals surface area contributed by atoms with Crippen LogP contribution in [0.25, 0.3) is 5.69 Å². The minimum absolute atomic E-state index is 0.138. The van der Waals surface area contributed by atoms with Crippen LogP contribution in [0.15, 0.2) is 64.6 Å². The number of methoxy groups -OCH3 is 1. The van der Waals surface area contributed by atoms with E-state index >= 15 is 8.78 Å². The van der Waals surface area contributed by atoms with Crippen molar-refractivity contribution in [2.45, 2.75) is 41.5 Å². The molecule has 0 aliphatic carbocycles. The van der Waals surface area contributed by atoms with Crippen molar-refractivity contribution in [2.75, 3.05) is 41.3 Å². The lowest BCUT2D eigenvalue weighted by atomic mass is 9.83. The van der Waals surface area contributed by atoms with Gasteiger partial charge in [0, 0.05) is 30.0 Å². The first kappa shape index (κ1) is 34.8. The fourth-order valence-electron chi connectivity index (χ4n) is 4.62. The first-order valence-corrected chi connectivity index (χ1v) is 16.8. The molecule has 0 saturated heterocycles. The smallest absolute Gasteiger partial charge is 0.240 e.